The van der Waals surface area contributed by atoms with Crippen molar-refractivity contribution in [3.63, 3.8) is 0 Å². The fourth-order valence-electron chi connectivity index (χ4n) is 5.82. The van der Waals surface area contributed by atoms with Crippen LogP contribution in [0, 0.1) is 12.8 Å². The molecule has 1 aromatic carbocycles. The molecule has 6 heteroatoms. The Bertz CT molecular complexity index is 880. The number of benzene rings is 1. The summed E-state index contributed by atoms with van der Waals surface area (Å²) in [5.74, 6) is 2.13. The second-order valence-corrected chi connectivity index (χ2v) is 10.7. The van der Waals surface area contributed by atoms with E-state index in [2.05, 4.69) is 41.1 Å². The number of carbonyl (C=O) groups is 1. The predicted octanol–water partition coefficient (Wildman–Crippen LogP) is 3.60. The van der Waals surface area contributed by atoms with Crippen molar-refractivity contribution >= 4 is 11.6 Å². The molecular formula is C28H42N4O2. The Morgan fingerprint density at radius 2 is 1.97 bits per heavy atom. The molecule has 1 aromatic rings. The predicted molar refractivity (Wildman–Crippen MR) is 137 cm³/mol. The number of hydrogen-bond acceptors (Lipinski definition) is 5. The third-order valence-corrected chi connectivity index (χ3v) is 8.00. The number of piperidine rings is 1. The normalized spacial score (nSPS) is 25.0. The molecule has 3 heterocycles. The quantitative estimate of drug-likeness (QED) is 0.486. The Balaban J connectivity index is 1.14. The molecule has 0 spiro atoms. The van der Waals surface area contributed by atoms with E-state index in [4.69, 9.17) is 4.74 Å². The highest BCUT2D eigenvalue weighted by atomic mass is 16.5. The smallest absolute Gasteiger partial charge is 0.239 e. The van der Waals surface area contributed by atoms with E-state index in [1.54, 1.807) is 0 Å². The molecule has 0 aromatic heterocycles. The van der Waals surface area contributed by atoms with Crippen LogP contribution >= 0.6 is 0 Å². The Morgan fingerprint density at radius 1 is 1.18 bits per heavy atom. The van der Waals surface area contributed by atoms with E-state index >= 15 is 0 Å². The van der Waals surface area contributed by atoms with Crippen LogP contribution in [-0.2, 0) is 4.79 Å². The maximum Gasteiger partial charge on any atom is 0.239 e. The number of likely N-dealkylation sites (tertiary alicyclic amines) is 1. The Kier molecular flexibility index (Phi) is 7.75. The molecule has 3 saturated heterocycles. The minimum absolute atomic E-state index is 0.0391. The number of carbonyl (C=O) groups excluding carboxylic acids is 1. The summed E-state index contributed by atoms with van der Waals surface area (Å²) in [4.78, 5) is 14.8. The first-order chi connectivity index (χ1) is 16.7. The average molecular weight is 467 g/mol. The minimum Gasteiger partial charge on any atom is -0.494 e. The molecule has 5 rings (SSSR count). The van der Waals surface area contributed by atoms with E-state index in [1.165, 1.54) is 67.6 Å². The zero-order valence-electron chi connectivity index (χ0n) is 20.8. The Labute approximate surface area is 204 Å². The Hall–Kier alpha value is -2.05. The molecule has 6 nitrogen and oxygen atoms in total. The Morgan fingerprint density at radius 3 is 2.71 bits per heavy atom. The van der Waals surface area contributed by atoms with Crippen LogP contribution in [0.5, 0.6) is 5.75 Å². The molecule has 1 amide bonds. The SMILES string of the molecule is Cc1cc(OCCCC2CCNCC2)ccc1C(N[C@@H]1CN[C@H](C(=O)N2CCCC2)C1)=C1CC1. The van der Waals surface area contributed by atoms with Crippen molar-refractivity contribution < 1.29 is 9.53 Å². The lowest BCUT2D eigenvalue weighted by molar-refractivity contribution is -0.132. The monoisotopic (exact) mass is 466 g/mol. The lowest BCUT2D eigenvalue weighted by Gasteiger charge is -2.22. The van der Waals surface area contributed by atoms with Crippen molar-refractivity contribution in [3.05, 3.63) is 34.9 Å². The van der Waals surface area contributed by atoms with Gasteiger partial charge in [0.2, 0.25) is 5.91 Å². The molecule has 3 N–H and O–H groups in total. The fraction of sp³-hybridized carbons (Fsp3) is 0.679. The average Bonchev–Trinajstić information content (AvgIpc) is 3.34. The van der Waals surface area contributed by atoms with Crippen molar-refractivity contribution in [2.24, 2.45) is 5.92 Å². The van der Waals surface area contributed by atoms with E-state index in [1.807, 2.05) is 4.90 Å². The minimum atomic E-state index is -0.0391. The number of ether oxygens (including phenoxy) is 1. The molecule has 0 bridgehead atoms. The molecule has 4 aliphatic rings. The largest absolute Gasteiger partial charge is 0.494 e. The molecular weight excluding hydrogens is 424 g/mol. The van der Waals surface area contributed by atoms with Gasteiger partial charge in [-0.25, -0.2) is 0 Å². The number of allylic oxidation sites excluding steroid dienone is 1. The number of amides is 1. The van der Waals surface area contributed by atoms with Gasteiger partial charge in [-0.2, -0.15) is 0 Å². The van der Waals surface area contributed by atoms with Crippen molar-refractivity contribution in [1.29, 1.82) is 0 Å². The first-order valence-corrected chi connectivity index (χ1v) is 13.6. The summed E-state index contributed by atoms with van der Waals surface area (Å²) in [6.07, 6.45) is 10.5. The second-order valence-electron chi connectivity index (χ2n) is 10.7. The van der Waals surface area contributed by atoms with Crippen LogP contribution < -0.4 is 20.7 Å². The van der Waals surface area contributed by atoms with Crippen LogP contribution in [0.3, 0.4) is 0 Å². The van der Waals surface area contributed by atoms with Gasteiger partial charge in [-0.3, -0.25) is 4.79 Å². The molecule has 2 atom stereocenters. The molecule has 1 saturated carbocycles. The molecule has 4 fully saturated rings. The number of nitrogens with zero attached hydrogens (tertiary/aromatic N) is 1. The van der Waals surface area contributed by atoms with Gasteiger partial charge in [0.15, 0.2) is 0 Å². The van der Waals surface area contributed by atoms with Crippen molar-refractivity contribution in [1.82, 2.24) is 20.9 Å². The summed E-state index contributed by atoms with van der Waals surface area (Å²) < 4.78 is 6.11. The fourth-order valence-corrected chi connectivity index (χ4v) is 5.82. The zero-order valence-corrected chi connectivity index (χ0v) is 20.8. The number of aryl methyl sites for hydroxylation is 1. The summed E-state index contributed by atoms with van der Waals surface area (Å²) in [5, 5.41) is 10.7. The summed E-state index contributed by atoms with van der Waals surface area (Å²) in [5.41, 5.74) is 5.33. The molecule has 0 radical (unpaired) electrons. The number of hydrogen-bond donors (Lipinski definition) is 3. The lowest BCUT2D eigenvalue weighted by atomic mass is 9.93. The van der Waals surface area contributed by atoms with Gasteiger partial charge in [0.05, 0.1) is 12.6 Å². The van der Waals surface area contributed by atoms with Gasteiger partial charge in [0, 0.05) is 36.9 Å². The summed E-state index contributed by atoms with van der Waals surface area (Å²) in [6, 6.07) is 6.80. The zero-order chi connectivity index (χ0) is 23.3. The van der Waals surface area contributed by atoms with Gasteiger partial charge in [-0.15, -0.1) is 0 Å². The molecule has 1 aliphatic carbocycles. The lowest BCUT2D eigenvalue weighted by Crippen LogP contribution is -2.42. The van der Waals surface area contributed by atoms with Gasteiger partial charge in [-0.1, -0.05) is 0 Å². The standard InChI is InChI=1S/C28H42N4O2/c1-20-17-24(34-16-4-5-21-10-12-29-13-11-21)8-9-25(20)27(22-6-7-22)31-23-18-26(30-19-23)28(33)32-14-2-3-15-32/h8-9,17,21,23,26,29-31H,2-7,10-16,18-19H2,1H3/t23-,26-/m0/s1. The first-order valence-electron chi connectivity index (χ1n) is 13.6. The van der Waals surface area contributed by atoms with E-state index in [0.717, 1.165) is 63.6 Å². The highest BCUT2D eigenvalue weighted by Gasteiger charge is 2.34. The van der Waals surface area contributed by atoms with Crippen LogP contribution in [0.2, 0.25) is 0 Å². The van der Waals surface area contributed by atoms with Crippen molar-refractivity contribution in [2.45, 2.75) is 76.8 Å². The van der Waals surface area contributed by atoms with Gasteiger partial charge in [0.25, 0.3) is 0 Å². The van der Waals surface area contributed by atoms with Crippen LogP contribution in [0.4, 0.5) is 0 Å². The third-order valence-electron chi connectivity index (χ3n) is 8.00. The van der Waals surface area contributed by atoms with Crippen LogP contribution in [0.15, 0.2) is 23.8 Å². The van der Waals surface area contributed by atoms with Crippen molar-refractivity contribution in [3.8, 4) is 5.75 Å². The number of rotatable bonds is 9. The summed E-state index contributed by atoms with van der Waals surface area (Å²) in [6.45, 7) is 8.03. The van der Waals surface area contributed by atoms with E-state index in [9.17, 15) is 4.79 Å². The highest BCUT2D eigenvalue weighted by molar-refractivity contribution is 5.82. The molecule has 186 valence electrons. The first kappa shape index (κ1) is 23.7. The van der Waals surface area contributed by atoms with E-state index in [-0.39, 0.29) is 6.04 Å². The highest BCUT2D eigenvalue weighted by Crippen LogP contribution is 2.37. The van der Waals surface area contributed by atoms with E-state index in [0.29, 0.717) is 11.9 Å². The van der Waals surface area contributed by atoms with Crippen LogP contribution in [0.25, 0.3) is 5.70 Å². The van der Waals surface area contributed by atoms with E-state index < -0.39 is 0 Å². The summed E-state index contributed by atoms with van der Waals surface area (Å²) in [7, 11) is 0. The topological polar surface area (TPSA) is 65.6 Å². The molecule has 0 unspecified atom stereocenters. The van der Waals surface area contributed by atoms with Crippen LogP contribution in [0.1, 0.15) is 68.9 Å². The van der Waals surface area contributed by atoms with Crippen LogP contribution in [-0.4, -0.2) is 62.2 Å². The second kappa shape index (κ2) is 11.1. The van der Waals surface area contributed by atoms with Crippen molar-refractivity contribution in [2.75, 3.05) is 39.3 Å². The third kappa shape index (κ3) is 5.95. The van der Waals surface area contributed by atoms with Gasteiger partial charge in [-0.05, 0) is 113 Å². The maximum absolute atomic E-state index is 12.8. The number of nitrogens with one attached hydrogen (secondary N) is 3. The molecule has 3 aliphatic heterocycles. The maximum atomic E-state index is 12.8. The van der Waals surface area contributed by atoms with Gasteiger partial charge in [0.1, 0.15) is 5.75 Å². The molecule has 34 heavy (non-hydrogen) atoms. The van der Waals surface area contributed by atoms with Gasteiger partial charge >= 0.3 is 0 Å². The van der Waals surface area contributed by atoms with Gasteiger partial charge < -0.3 is 25.6 Å². The summed E-state index contributed by atoms with van der Waals surface area (Å²) >= 11 is 0.